The molecule has 0 aliphatic heterocycles. The Morgan fingerprint density at radius 3 is 1.53 bits per heavy atom. The summed E-state index contributed by atoms with van der Waals surface area (Å²) >= 11 is 0. The van der Waals surface area contributed by atoms with Crippen molar-refractivity contribution in [1.29, 1.82) is 0 Å². The smallest absolute Gasteiger partial charge is 0.0606 e. The van der Waals surface area contributed by atoms with Gasteiger partial charge in [-0.15, -0.1) is 0 Å². The number of hydrogen-bond donors (Lipinski definition) is 1. The molecule has 1 N–H and O–H groups in total. The average molecular weight is 472 g/mol. The lowest BCUT2D eigenvalue weighted by atomic mass is 10.0. The number of pyridine rings is 3. The summed E-state index contributed by atoms with van der Waals surface area (Å²) in [6.07, 6.45) is 6.40. The molecule has 5 aromatic rings. The summed E-state index contributed by atoms with van der Waals surface area (Å²) in [5.41, 5.74) is 7.92. The molecule has 0 unspecified atom stereocenters. The zero-order valence-electron chi connectivity index (χ0n) is 20.2. The van der Waals surface area contributed by atoms with E-state index >= 15 is 0 Å². The molecule has 0 amide bonds. The molecule has 178 valence electrons. The lowest BCUT2D eigenvalue weighted by Crippen LogP contribution is -2.23. The van der Waals surface area contributed by atoms with E-state index in [9.17, 15) is 0 Å². The third-order valence-electron chi connectivity index (χ3n) is 6.02. The zero-order valence-corrected chi connectivity index (χ0v) is 20.2. The van der Waals surface area contributed by atoms with Gasteiger partial charge in [0.05, 0.1) is 36.7 Å². The topological polar surface area (TPSA) is 53.9 Å². The first-order valence-electron chi connectivity index (χ1n) is 12.2. The molecular formula is C31H29N5. The van der Waals surface area contributed by atoms with Crippen molar-refractivity contribution >= 4 is 11.4 Å². The van der Waals surface area contributed by atoms with Gasteiger partial charge in [-0.1, -0.05) is 42.5 Å². The molecule has 2 aromatic carbocycles. The van der Waals surface area contributed by atoms with Gasteiger partial charge in [-0.25, -0.2) is 0 Å². The van der Waals surface area contributed by atoms with Crippen LogP contribution < -0.4 is 10.2 Å². The van der Waals surface area contributed by atoms with Crippen LogP contribution in [0.2, 0.25) is 0 Å². The minimum atomic E-state index is 0.717. The van der Waals surface area contributed by atoms with Crippen molar-refractivity contribution in [3.05, 3.63) is 150 Å². The van der Waals surface area contributed by atoms with Crippen LogP contribution in [0.15, 0.2) is 122 Å². The van der Waals surface area contributed by atoms with E-state index in [-0.39, 0.29) is 0 Å². The molecule has 0 spiro atoms. The number of anilines is 2. The molecule has 0 bridgehead atoms. The second-order valence-electron chi connectivity index (χ2n) is 8.71. The molecule has 0 aliphatic rings. The number of hydrogen-bond acceptors (Lipinski definition) is 5. The molecule has 0 saturated carbocycles. The van der Waals surface area contributed by atoms with Crippen molar-refractivity contribution in [2.45, 2.75) is 26.1 Å². The molecule has 0 radical (unpaired) electrons. The first kappa shape index (κ1) is 23.2. The number of nitrogens with zero attached hydrogens (tertiary/aromatic N) is 4. The highest BCUT2D eigenvalue weighted by atomic mass is 15.1. The fourth-order valence-corrected chi connectivity index (χ4v) is 4.11. The fraction of sp³-hybridized carbons (Fsp3) is 0.129. The number of rotatable bonds is 10. The standard InChI is InChI=1S/C31H29N5/c1-4-18-32-28(7-1)22-35-27-14-10-25(11-15-27)21-26-12-16-31(17-13-26)36(23-29-8-2-5-19-33-29)24-30-9-3-6-20-34-30/h1-20,35H,21-24H2. The molecule has 5 heteroatoms. The summed E-state index contributed by atoms with van der Waals surface area (Å²) in [5, 5.41) is 3.43. The van der Waals surface area contributed by atoms with Gasteiger partial charge in [0.1, 0.15) is 0 Å². The molecule has 36 heavy (non-hydrogen) atoms. The van der Waals surface area contributed by atoms with E-state index in [0.29, 0.717) is 0 Å². The van der Waals surface area contributed by atoms with Crippen molar-refractivity contribution in [1.82, 2.24) is 15.0 Å². The highest BCUT2D eigenvalue weighted by Crippen LogP contribution is 2.22. The number of nitrogens with one attached hydrogen (secondary N) is 1. The Balaban J connectivity index is 1.24. The maximum atomic E-state index is 4.53. The van der Waals surface area contributed by atoms with Crippen LogP contribution in [0.4, 0.5) is 11.4 Å². The quantitative estimate of drug-likeness (QED) is 0.260. The highest BCUT2D eigenvalue weighted by Gasteiger charge is 2.10. The summed E-state index contributed by atoms with van der Waals surface area (Å²) in [6.45, 7) is 2.17. The summed E-state index contributed by atoms with van der Waals surface area (Å²) in [4.78, 5) is 15.7. The van der Waals surface area contributed by atoms with Crippen LogP contribution in [0, 0.1) is 0 Å². The van der Waals surface area contributed by atoms with Crippen molar-refractivity contribution < 1.29 is 0 Å². The van der Waals surface area contributed by atoms with Crippen LogP contribution in [0.25, 0.3) is 0 Å². The van der Waals surface area contributed by atoms with Crippen molar-refractivity contribution in [2.24, 2.45) is 0 Å². The maximum absolute atomic E-state index is 4.53. The van der Waals surface area contributed by atoms with Gasteiger partial charge in [0.2, 0.25) is 0 Å². The Labute approximate surface area is 212 Å². The van der Waals surface area contributed by atoms with E-state index in [0.717, 1.165) is 54.5 Å². The van der Waals surface area contributed by atoms with Crippen LogP contribution in [0.5, 0.6) is 0 Å². The Morgan fingerprint density at radius 1 is 0.528 bits per heavy atom. The Hall–Kier alpha value is -4.51. The monoisotopic (exact) mass is 471 g/mol. The summed E-state index contributed by atoms with van der Waals surface area (Å²) in [5.74, 6) is 0. The first-order valence-corrected chi connectivity index (χ1v) is 12.2. The van der Waals surface area contributed by atoms with Crippen molar-refractivity contribution in [2.75, 3.05) is 10.2 Å². The van der Waals surface area contributed by atoms with E-state index < -0.39 is 0 Å². The van der Waals surface area contributed by atoms with Gasteiger partial charge in [-0.05, 0) is 78.2 Å². The molecule has 0 aliphatic carbocycles. The van der Waals surface area contributed by atoms with Crippen molar-refractivity contribution in [3.63, 3.8) is 0 Å². The number of aromatic nitrogens is 3. The van der Waals surface area contributed by atoms with Gasteiger partial charge >= 0.3 is 0 Å². The normalized spacial score (nSPS) is 10.7. The predicted octanol–water partition coefficient (Wildman–Crippen LogP) is 6.28. The van der Waals surface area contributed by atoms with Crippen LogP contribution in [-0.4, -0.2) is 15.0 Å². The summed E-state index contributed by atoms with van der Waals surface area (Å²) < 4.78 is 0. The van der Waals surface area contributed by atoms with Crippen LogP contribution >= 0.6 is 0 Å². The largest absolute Gasteiger partial charge is 0.379 e. The van der Waals surface area contributed by atoms with Crippen LogP contribution in [0.3, 0.4) is 0 Å². The fourth-order valence-electron chi connectivity index (χ4n) is 4.11. The van der Waals surface area contributed by atoms with Gasteiger partial charge in [0.25, 0.3) is 0 Å². The summed E-state index contributed by atoms with van der Waals surface area (Å²) in [7, 11) is 0. The molecule has 5 rings (SSSR count). The van der Waals surface area contributed by atoms with Crippen LogP contribution in [-0.2, 0) is 26.1 Å². The Bertz CT molecular complexity index is 1280. The minimum absolute atomic E-state index is 0.717. The Kier molecular flexibility index (Phi) is 7.59. The van der Waals surface area contributed by atoms with Gasteiger partial charge in [0, 0.05) is 30.0 Å². The van der Waals surface area contributed by atoms with E-state index in [2.05, 4.69) is 85.8 Å². The van der Waals surface area contributed by atoms with E-state index in [1.54, 1.807) is 0 Å². The van der Waals surface area contributed by atoms with Gasteiger partial charge < -0.3 is 10.2 Å². The zero-order chi connectivity index (χ0) is 24.4. The predicted molar refractivity (Wildman–Crippen MR) is 146 cm³/mol. The minimum Gasteiger partial charge on any atom is -0.379 e. The van der Waals surface area contributed by atoms with Crippen LogP contribution in [0.1, 0.15) is 28.2 Å². The summed E-state index contributed by atoms with van der Waals surface area (Å²) in [6, 6.07) is 35.5. The molecule has 0 saturated heterocycles. The van der Waals surface area contributed by atoms with Gasteiger partial charge in [0.15, 0.2) is 0 Å². The molecule has 0 fully saturated rings. The lowest BCUT2D eigenvalue weighted by molar-refractivity contribution is 0.765. The van der Waals surface area contributed by atoms with Crippen molar-refractivity contribution in [3.8, 4) is 0 Å². The third-order valence-corrected chi connectivity index (χ3v) is 6.02. The average Bonchev–Trinajstić information content (AvgIpc) is 2.94. The highest BCUT2D eigenvalue weighted by molar-refractivity contribution is 5.50. The van der Waals surface area contributed by atoms with E-state index in [4.69, 9.17) is 0 Å². The maximum Gasteiger partial charge on any atom is 0.0606 e. The second-order valence-corrected chi connectivity index (χ2v) is 8.71. The first-order chi connectivity index (χ1) is 17.8. The Morgan fingerprint density at radius 2 is 1.03 bits per heavy atom. The third kappa shape index (κ3) is 6.54. The molecule has 3 heterocycles. The lowest BCUT2D eigenvalue weighted by Gasteiger charge is -2.24. The SMILES string of the molecule is c1ccc(CNc2ccc(Cc3ccc(N(Cc4ccccn4)Cc4ccccn4)cc3)cc2)nc1. The molecule has 5 nitrogen and oxygen atoms in total. The van der Waals surface area contributed by atoms with Gasteiger partial charge in [-0.2, -0.15) is 0 Å². The van der Waals surface area contributed by atoms with Gasteiger partial charge in [-0.3, -0.25) is 15.0 Å². The number of benzene rings is 2. The van der Waals surface area contributed by atoms with E-state index in [1.165, 1.54) is 11.1 Å². The molecular weight excluding hydrogens is 442 g/mol. The molecule has 0 atom stereocenters. The second kappa shape index (κ2) is 11.8. The molecule has 3 aromatic heterocycles. The van der Waals surface area contributed by atoms with E-state index in [1.807, 2.05) is 61.1 Å².